The standard InChI is InChI=1S/C16H15BrClN/c17-10-13-5-6-15(18)9-16(13)19-8-7-12-3-1-2-4-14(12)11-19/h1-6,9H,7-8,10-11H2. The third-order valence-electron chi connectivity index (χ3n) is 3.66. The molecular formula is C16H15BrClN. The summed E-state index contributed by atoms with van der Waals surface area (Å²) in [5.74, 6) is 0. The van der Waals surface area contributed by atoms with Gasteiger partial charge >= 0.3 is 0 Å². The smallest absolute Gasteiger partial charge is 0.0432 e. The zero-order valence-corrected chi connectivity index (χ0v) is 12.9. The molecular weight excluding hydrogens is 322 g/mol. The average molecular weight is 337 g/mol. The molecule has 0 atom stereocenters. The van der Waals surface area contributed by atoms with Gasteiger partial charge in [0.25, 0.3) is 0 Å². The van der Waals surface area contributed by atoms with Crippen LogP contribution in [0, 0.1) is 0 Å². The molecule has 0 bridgehead atoms. The van der Waals surface area contributed by atoms with Gasteiger partial charge in [0.1, 0.15) is 0 Å². The summed E-state index contributed by atoms with van der Waals surface area (Å²) < 4.78 is 0. The minimum absolute atomic E-state index is 0.804. The van der Waals surface area contributed by atoms with Gasteiger partial charge in [0.05, 0.1) is 0 Å². The molecule has 0 saturated heterocycles. The van der Waals surface area contributed by atoms with Gasteiger partial charge in [-0.15, -0.1) is 0 Å². The van der Waals surface area contributed by atoms with Crippen LogP contribution in [0.15, 0.2) is 42.5 Å². The first-order valence-corrected chi connectivity index (χ1v) is 7.94. The maximum atomic E-state index is 6.15. The van der Waals surface area contributed by atoms with Crippen LogP contribution >= 0.6 is 27.5 Å². The second-order valence-electron chi connectivity index (χ2n) is 4.85. The molecule has 0 unspecified atom stereocenters. The normalized spacial score (nSPS) is 14.3. The van der Waals surface area contributed by atoms with Gasteiger partial charge in [-0.25, -0.2) is 0 Å². The molecule has 0 amide bonds. The van der Waals surface area contributed by atoms with Crippen LogP contribution in [-0.4, -0.2) is 6.54 Å². The first-order chi connectivity index (χ1) is 9.28. The van der Waals surface area contributed by atoms with Crippen molar-refractivity contribution in [3.8, 4) is 0 Å². The lowest BCUT2D eigenvalue weighted by molar-refractivity contribution is 0.729. The van der Waals surface area contributed by atoms with Crippen LogP contribution in [-0.2, 0) is 18.3 Å². The van der Waals surface area contributed by atoms with Crippen LogP contribution in [0.3, 0.4) is 0 Å². The van der Waals surface area contributed by atoms with E-state index in [-0.39, 0.29) is 0 Å². The lowest BCUT2D eigenvalue weighted by atomic mass is 9.99. The fraction of sp³-hybridized carbons (Fsp3) is 0.250. The van der Waals surface area contributed by atoms with Crippen LogP contribution < -0.4 is 4.90 Å². The molecule has 1 aliphatic heterocycles. The first kappa shape index (κ1) is 13.0. The van der Waals surface area contributed by atoms with Crippen LogP contribution in [0.4, 0.5) is 5.69 Å². The number of alkyl halides is 1. The summed E-state index contributed by atoms with van der Waals surface area (Å²) in [6.45, 7) is 2.02. The summed E-state index contributed by atoms with van der Waals surface area (Å²) >= 11 is 9.71. The van der Waals surface area contributed by atoms with Gasteiger partial charge in [0.2, 0.25) is 0 Å². The van der Waals surface area contributed by atoms with Gasteiger partial charge in [-0.05, 0) is 35.2 Å². The monoisotopic (exact) mass is 335 g/mol. The van der Waals surface area contributed by atoms with Crippen molar-refractivity contribution in [2.45, 2.75) is 18.3 Å². The molecule has 3 heteroatoms. The molecule has 1 heterocycles. The van der Waals surface area contributed by atoms with E-state index in [0.29, 0.717) is 0 Å². The molecule has 1 nitrogen and oxygen atoms in total. The Hall–Kier alpha value is -0.990. The number of hydrogen-bond donors (Lipinski definition) is 0. The SMILES string of the molecule is Clc1ccc(CBr)c(N2CCc3ccccc3C2)c1. The Kier molecular flexibility index (Phi) is 3.81. The second kappa shape index (κ2) is 5.56. The van der Waals surface area contributed by atoms with Crippen molar-refractivity contribution < 1.29 is 0 Å². The maximum absolute atomic E-state index is 6.15. The number of anilines is 1. The number of benzene rings is 2. The second-order valence-corrected chi connectivity index (χ2v) is 5.84. The average Bonchev–Trinajstić information content (AvgIpc) is 2.46. The van der Waals surface area contributed by atoms with E-state index in [1.54, 1.807) is 0 Å². The molecule has 98 valence electrons. The minimum atomic E-state index is 0.804. The van der Waals surface area contributed by atoms with Gasteiger partial charge < -0.3 is 4.90 Å². The predicted molar refractivity (Wildman–Crippen MR) is 85.3 cm³/mol. The number of nitrogens with zero attached hydrogens (tertiary/aromatic N) is 1. The van der Waals surface area contributed by atoms with E-state index in [9.17, 15) is 0 Å². The molecule has 19 heavy (non-hydrogen) atoms. The summed E-state index contributed by atoms with van der Waals surface area (Å²) in [5, 5.41) is 1.66. The van der Waals surface area contributed by atoms with Crippen molar-refractivity contribution in [2.24, 2.45) is 0 Å². The van der Waals surface area contributed by atoms with Gasteiger partial charge in [-0.3, -0.25) is 0 Å². The number of fused-ring (bicyclic) bond motifs is 1. The topological polar surface area (TPSA) is 3.24 Å². The maximum Gasteiger partial charge on any atom is 0.0432 e. The van der Waals surface area contributed by atoms with Crippen molar-refractivity contribution in [3.05, 3.63) is 64.2 Å². The molecule has 0 aliphatic carbocycles. The minimum Gasteiger partial charge on any atom is -0.367 e. The molecule has 0 N–H and O–H groups in total. The summed E-state index contributed by atoms with van der Waals surface area (Å²) in [5.41, 5.74) is 5.44. The molecule has 0 fully saturated rings. The fourth-order valence-electron chi connectivity index (χ4n) is 2.65. The highest BCUT2D eigenvalue weighted by molar-refractivity contribution is 9.08. The van der Waals surface area contributed by atoms with Gasteiger partial charge in [0, 0.05) is 29.1 Å². The highest BCUT2D eigenvalue weighted by Crippen LogP contribution is 2.30. The van der Waals surface area contributed by atoms with Crippen molar-refractivity contribution in [3.63, 3.8) is 0 Å². The van der Waals surface area contributed by atoms with E-state index >= 15 is 0 Å². The van der Waals surface area contributed by atoms with E-state index in [2.05, 4.69) is 57.2 Å². The van der Waals surface area contributed by atoms with E-state index in [4.69, 9.17) is 11.6 Å². The lowest BCUT2D eigenvalue weighted by Crippen LogP contribution is -2.30. The Bertz CT molecular complexity index is 597. The van der Waals surface area contributed by atoms with Gasteiger partial charge in [-0.1, -0.05) is 57.9 Å². The molecule has 0 saturated carbocycles. The largest absolute Gasteiger partial charge is 0.367 e. The number of hydrogen-bond acceptors (Lipinski definition) is 1. The highest BCUT2D eigenvalue weighted by Gasteiger charge is 2.18. The van der Waals surface area contributed by atoms with E-state index in [1.165, 1.54) is 22.4 Å². The molecule has 3 rings (SSSR count). The summed E-state index contributed by atoms with van der Waals surface area (Å²) in [6.07, 6.45) is 1.10. The molecule has 2 aromatic rings. The van der Waals surface area contributed by atoms with Crippen molar-refractivity contribution in [1.82, 2.24) is 0 Å². The highest BCUT2D eigenvalue weighted by atomic mass is 79.9. The predicted octanol–water partition coefficient (Wildman–Crippen LogP) is 4.80. The molecule has 1 aliphatic rings. The van der Waals surface area contributed by atoms with E-state index in [1.807, 2.05) is 6.07 Å². The van der Waals surface area contributed by atoms with Gasteiger partial charge in [0.15, 0.2) is 0 Å². The first-order valence-electron chi connectivity index (χ1n) is 6.44. The zero-order chi connectivity index (χ0) is 13.2. The molecule has 0 spiro atoms. The number of rotatable bonds is 2. The molecule has 0 aromatic heterocycles. The third-order valence-corrected chi connectivity index (χ3v) is 4.50. The quantitative estimate of drug-likeness (QED) is 0.712. The summed E-state index contributed by atoms with van der Waals surface area (Å²) in [6, 6.07) is 14.8. The van der Waals surface area contributed by atoms with Gasteiger partial charge in [-0.2, -0.15) is 0 Å². The number of halogens is 2. The zero-order valence-electron chi connectivity index (χ0n) is 10.6. The van der Waals surface area contributed by atoms with Crippen molar-refractivity contribution in [2.75, 3.05) is 11.4 Å². The van der Waals surface area contributed by atoms with Crippen LogP contribution in [0.1, 0.15) is 16.7 Å². The van der Waals surface area contributed by atoms with Crippen LogP contribution in [0.5, 0.6) is 0 Å². The van der Waals surface area contributed by atoms with Crippen molar-refractivity contribution in [1.29, 1.82) is 0 Å². The fourth-order valence-corrected chi connectivity index (χ4v) is 3.29. The Morgan fingerprint density at radius 2 is 1.89 bits per heavy atom. The Morgan fingerprint density at radius 1 is 1.11 bits per heavy atom. The Balaban J connectivity index is 1.95. The summed E-state index contributed by atoms with van der Waals surface area (Å²) in [4.78, 5) is 2.42. The Labute approximate surface area is 127 Å². The molecule has 0 radical (unpaired) electrons. The third kappa shape index (κ3) is 2.65. The lowest BCUT2D eigenvalue weighted by Gasteiger charge is -2.32. The molecule has 2 aromatic carbocycles. The van der Waals surface area contributed by atoms with Crippen molar-refractivity contribution >= 4 is 33.2 Å². The van der Waals surface area contributed by atoms with Crippen LogP contribution in [0.25, 0.3) is 0 Å². The van der Waals surface area contributed by atoms with E-state index in [0.717, 1.165) is 29.9 Å². The summed E-state index contributed by atoms with van der Waals surface area (Å²) in [7, 11) is 0. The van der Waals surface area contributed by atoms with Crippen LogP contribution in [0.2, 0.25) is 5.02 Å². The van der Waals surface area contributed by atoms with E-state index < -0.39 is 0 Å². The Morgan fingerprint density at radius 3 is 2.68 bits per heavy atom.